The van der Waals surface area contributed by atoms with Crippen molar-refractivity contribution in [2.75, 3.05) is 0 Å². The number of hydrogen-bond donors (Lipinski definition) is 1. The van der Waals surface area contributed by atoms with E-state index in [4.69, 9.17) is 4.74 Å². The molecule has 3 aromatic rings. The summed E-state index contributed by atoms with van der Waals surface area (Å²) in [6.45, 7) is 0.345. The van der Waals surface area contributed by atoms with Gasteiger partial charge in [-0.25, -0.2) is 8.78 Å². The molecule has 1 N–H and O–H groups in total. The summed E-state index contributed by atoms with van der Waals surface area (Å²) >= 11 is 0. The van der Waals surface area contributed by atoms with Crippen LogP contribution in [0.5, 0.6) is 5.75 Å². The van der Waals surface area contributed by atoms with E-state index in [1.807, 2.05) is 0 Å². The van der Waals surface area contributed by atoms with Crippen LogP contribution in [0.25, 0.3) is 10.9 Å². The topological polar surface area (TPSA) is 25.0 Å². The molecule has 0 bridgehead atoms. The van der Waals surface area contributed by atoms with Gasteiger partial charge in [0.15, 0.2) is 0 Å². The number of aromatic nitrogens is 1. The fourth-order valence-corrected chi connectivity index (χ4v) is 1.97. The van der Waals surface area contributed by atoms with Crippen molar-refractivity contribution >= 4 is 10.9 Å². The maximum atomic E-state index is 13.0. The Kier molecular flexibility index (Phi) is 2.91. The highest BCUT2D eigenvalue weighted by molar-refractivity contribution is 5.83. The first-order valence-corrected chi connectivity index (χ1v) is 5.86. The SMILES string of the molecule is Fc1ccc(OCc2c[nH]c3cc(F)ccc23)cc1. The van der Waals surface area contributed by atoms with Crippen molar-refractivity contribution in [3.8, 4) is 5.75 Å². The summed E-state index contributed by atoms with van der Waals surface area (Å²) < 4.78 is 31.4. The van der Waals surface area contributed by atoms with E-state index in [2.05, 4.69) is 4.98 Å². The highest BCUT2D eigenvalue weighted by atomic mass is 19.1. The normalized spacial score (nSPS) is 10.8. The molecule has 2 aromatic carbocycles. The maximum absolute atomic E-state index is 13.0. The number of ether oxygens (including phenoxy) is 1. The van der Waals surface area contributed by atoms with Gasteiger partial charge in [0, 0.05) is 22.7 Å². The molecule has 19 heavy (non-hydrogen) atoms. The van der Waals surface area contributed by atoms with Gasteiger partial charge < -0.3 is 9.72 Å². The van der Waals surface area contributed by atoms with Crippen LogP contribution in [0.2, 0.25) is 0 Å². The van der Waals surface area contributed by atoms with E-state index >= 15 is 0 Å². The molecule has 0 unspecified atom stereocenters. The van der Waals surface area contributed by atoms with Gasteiger partial charge in [0.2, 0.25) is 0 Å². The molecule has 0 amide bonds. The number of benzene rings is 2. The van der Waals surface area contributed by atoms with Gasteiger partial charge in [0.1, 0.15) is 24.0 Å². The first kappa shape index (κ1) is 11.7. The lowest BCUT2D eigenvalue weighted by molar-refractivity contribution is 0.307. The molecular weight excluding hydrogens is 248 g/mol. The molecule has 3 rings (SSSR count). The zero-order valence-electron chi connectivity index (χ0n) is 9.99. The Bertz CT molecular complexity index is 704. The van der Waals surface area contributed by atoms with E-state index in [9.17, 15) is 8.78 Å². The summed E-state index contributed by atoms with van der Waals surface area (Å²) in [5.41, 5.74) is 1.66. The minimum atomic E-state index is -0.296. The van der Waals surface area contributed by atoms with Gasteiger partial charge in [-0.05, 0) is 42.5 Å². The fraction of sp³-hybridized carbons (Fsp3) is 0.0667. The average Bonchev–Trinajstić information content (AvgIpc) is 2.80. The minimum Gasteiger partial charge on any atom is -0.489 e. The van der Waals surface area contributed by atoms with Crippen molar-refractivity contribution in [2.45, 2.75) is 6.61 Å². The van der Waals surface area contributed by atoms with Crippen LogP contribution in [0.3, 0.4) is 0 Å². The predicted octanol–water partition coefficient (Wildman–Crippen LogP) is 4.03. The monoisotopic (exact) mass is 259 g/mol. The molecule has 0 aliphatic heterocycles. The molecule has 0 fully saturated rings. The third-order valence-corrected chi connectivity index (χ3v) is 2.94. The molecule has 0 radical (unpaired) electrons. The van der Waals surface area contributed by atoms with Gasteiger partial charge >= 0.3 is 0 Å². The van der Waals surface area contributed by atoms with Crippen LogP contribution in [0.15, 0.2) is 48.7 Å². The second-order valence-electron chi connectivity index (χ2n) is 4.25. The number of nitrogens with one attached hydrogen (secondary N) is 1. The van der Waals surface area contributed by atoms with Crippen molar-refractivity contribution in [2.24, 2.45) is 0 Å². The summed E-state index contributed by atoms with van der Waals surface area (Å²) in [7, 11) is 0. The van der Waals surface area contributed by atoms with Gasteiger partial charge in [-0.2, -0.15) is 0 Å². The average molecular weight is 259 g/mol. The van der Waals surface area contributed by atoms with Crippen molar-refractivity contribution in [3.05, 3.63) is 65.9 Å². The number of fused-ring (bicyclic) bond motifs is 1. The number of hydrogen-bond acceptors (Lipinski definition) is 1. The van der Waals surface area contributed by atoms with Gasteiger partial charge in [-0.15, -0.1) is 0 Å². The second-order valence-corrected chi connectivity index (χ2v) is 4.25. The molecule has 4 heteroatoms. The zero-order valence-corrected chi connectivity index (χ0v) is 9.99. The van der Waals surface area contributed by atoms with Crippen LogP contribution in [0.4, 0.5) is 8.78 Å². The van der Waals surface area contributed by atoms with Gasteiger partial charge in [-0.1, -0.05) is 0 Å². The Morgan fingerprint density at radius 3 is 2.47 bits per heavy atom. The van der Waals surface area contributed by atoms with Crippen molar-refractivity contribution in [1.82, 2.24) is 4.98 Å². The Morgan fingerprint density at radius 2 is 1.68 bits per heavy atom. The van der Waals surface area contributed by atoms with E-state index in [1.54, 1.807) is 24.4 Å². The molecule has 0 saturated heterocycles. The van der Waals surface area contributed by atoms with Crippen LogP contribution >= 0.6 is 0 Å². The Balaban J connectivity index is 1.80. The van der Waals surface area contributed by atoms with Crippen LogP contribution in [-0.2, 0) is 6.61 Å². The van der Waals surface area contributed by atoms with Gasteiger partial charge in [0.25, 0.3) is 0 Å². The van der Waals surface area contributed by atoms with E-state index in [0.29, 0.717) is 12.4 Å². The van der Waals surface area contributed by atoms with Crippen molar-refractivity contribution < 1.29 is 13.5 Å². The summed E-state index contributed by atoms with van der Waals surface area (Å²) in [4.78, 5) is 2.99. The molecule has 0 aliphatic carbocycles. The fourth-order valence-electron chi connectivity index (χ4n) is 1.97. The van der Waals surface area contributed by atoms with E-state index < -0.39 is 0 Å². The first-order chi connectivity index (χ1) is 9.22. The van der Waals surface area contributed by atoms with Gasteiger partial charge in [-0.3, -0.25) is 0 Å². The number of halogens is 2. The smallest absolute Gasteiger partial charge is 0.125 e. The molecule has 0 spiro atoms. The molecule has 1 aromatic heterocycles. The molecule has 0 saturated carbocycles. The molecule has 96 valence electrons. The predicted molar refractivity (Wildman–Crippen MR) is 69.0 cm³/mol. The summed E-state index contributed by atoms with van der Waals surface area (Å²) in [6.07, 6.45) is 1.79. The van der Waals surface area contributed by atoms with Crippen molar-refractivity contribution in [3.63, 3.8) is 0 Å². The lowest BCUT2D eigenvalue weighted by Gasteiger charge is -2.05. The molecule has 0 atom stereocenters. The van der Waals surface area contributed by atoms with E-state index in [0.717, 1.165) is 16.5 Å². The van der Waals surface area contributed by atoms with Crippen LogP contribution in [-0.4, -0.2) is 4.98 Å². The van der Waals surface area contributed by atoms with Crippen molar-refractivity contribution in [1.29, 1.82) is 0 Å². The lowest BCUT2D eigenvalue weighted by atomic mass is 10.2. The Labute approximate surface area is 108 Å². The highest BCUT2D eigenvalue weighted by Gasteiger charge is 2.05. The number of rotatable bonds is 3. The summed E-state index contributed by atoms with van der Waals surface area (Å²) in [5, 5.41) is 0.920. The van der Waals surface area contributed by atoms with E-state index in [1.165, 1.54) is 24.3 Å². The number of aromatic amines is 1. The quantitative estimate of drug-likeness (QED) is 0.754. The molecule has 2 nitrogen and oxygen atoms in total. The third-order valence-electron chi connectivity index (χ3n) is 2.94. The second kappa shape index (κ2) is 4.72. The maximum Gasteiger partial charge on any atom is 0.125 e. The lowest BCUT2D eigenvalue weighted by Crippen LogP contribution is -1.94. The molecule has 0 aliphatic rings. The largest absolute Gasteiger partial charge is 0.489 e. The summed E-state index contributed by atoms with van der Waals surface area (Å²) in [5.74, 6) is 0.0214. The first-order valence-electron chi connectivity index (χ1n) is 5.86. The highest BCUT2D eigenvalue weighted by Crippen LogP contribution is 2.21. The standard InChI is InChI=1S/C15H11F2NO/c16-11-1-4-13(5-2-11)19-9-10-8-18-15-7-12(17)3-6-14(10)15/h1-8,18H,9H2. The van der Waals surface area contributed by atoms with Crippen LogP contribution in [0, 0.1) is 11.6 Å². The van der Waals surface area contributed by atoms with E-state index in [-0.39, 0.29) is 11.6 Å². The van der Waals surface area contributed by atoms with Crippen LogP contribution < -0.4 is 4.74 Å². The van der Waals surface area contributed by atoms with Gasteiger partial charge in [0.05, 0.1) is 0 Å². The Hall–Kier alpha value is -2.36. The molecular formula is C15H11F2NO. The minimum absolute atomic E-state index is 0.277. The third kappa shape index (κ3) is 2.42. The number of H-pyrrole nitrogens is 1. The zero-order chi connectivity index (χ0) is 13.2. The van der Waals surface area contributed by atoms with Crippen LogP contribution in [0.1, 0.15) is 5.56 Å². The Morgan fingerprint density at radius 1 is 0.947 bits per heavy atom. The molecule has 1 heterocycles. The summed E-state index contributed by atoms with van der Waals surface area (Å²) in [6, 6.07) is 10.4.